The highest BCUT2D eigenvalue weighted by Crippen LogP contribution is 2.06. The van der Waals surface area contributed by atoms with Gasteiger partial charge in [0.25, 0.3) is 0 Å². The van der Waals surface area contributed by atoms with Gasteiger partial charge in [0.05, 0.1) is 0 Å². The molecular weight excluding hydrogens is 178 g/mol. The minimum atomic E-state index is 1.01. The molecule has 0 aromatic heterocycles. The van der Waals surface area contributed by atoms with Gasteiger partial charge < -0.3 is 0 Å². The first-order valence-corrected chi connectivity index (χ1v) is 5.71. The fourth-order valence-corrected chi connectivity index (χ4v) is 1.56. The molecule has 0 aromatic carbocycles. The first kappa shape index (κ1) is 11.9. The maximum atomic E-state index is 3.08. The van der Waals surface area contributed by atoms with Crippen LogP contribution < -0.4 is 27.5 Å². The molecular formula is C9H23N5. The van der Waals surface area contributed by atoms with Gasteiger partial charge in [-0.1, -0.05) is 32.1 Å². The van der Waals surface area contributed by atoms with Gasteiger partial charge in [-0.3, -0.25) is 0 Å². The number of hydrogen-bond acceptors (Lipinski definition) is 5. The van der Waals surface area contributed by atoms with Gasteiger partial charge in [-0.25, -0.2) is 10.9 Å². The van der Waals surface area contributed by atoms with E-state index in [1.165, 1.54) is 44.9 Å². The van der Waals surface area contributed by atoms with Gasteiger partial charge in [-0.15, -0.1) is 0 Å². The van der Waals surface area contributed by atoms with E-state index in [1.807, 2.05) is 0 Å². The van der Waals surface area contributed by atoms with E-state index in [2.05, 4.69) is 27.5 Å². The Hall–Kier alpha value is -0.200. The standard InChI is InChI=1S/C9H23N5/c1-2-4-6-8-10-12-14-13-11-9-7-5-3-1/h10-14H,1-9H2. The molecule has 0 amide bonds. The van der Waals surface area contributed by atoms with E-state index in [4.69, 9.17) is 0 Å². The lowest BCUT2D eigenvalue weighted by Crippen LogP contribution is -2.55. The second kappa shape index (κ2) is 9.36. The average Bonchev–Trinajstić information content (AvgIpc) is 2.22. The zero-order chi connectivity index (χ0) is 9.90. The normalized spacial score (nSPS) is 24.0. The number of hydrazine groups is 4. The molecule has 1 aliphatic rings. The lowest BCUT2D eigenvalue weighted by Gasteiger charge is -2.11. The van der Waals surface area contributed by atoms with Crippen LogP contribution in [0.1, 0.15) is 44.9 Å². The molecule has 0 bridgehead atoms. The molecule has 1 fully saturated rings. The second-order valence-electron chi connectivity index (χ2n) is 3.70. The second-order valence-corrected chi connectivity index (χ2v) is 3.70. The molecule has 0 atom stereocenters. The minimum Gasteiger partial charge on any atom is -0.243 e. The van der Waals surface area contributed by atoms with E-state index < -0.39 is 0 Å². The van der Waals surface area contributed by atoms with Crippen molar-refractivity contribution in [2.75, 3.05) is 13.1 Å². The highest BCUT2D eigenvalue weighted by Gasteiger charge is 1.93. The Morgan fingerprint density at radius 2 is 0.857 bits per heavy atom. The summed E-state index contributed by atoms with van der Waals surface area (Å²) >= 11 is 0. The van der Waals surface area contributed by atoms with E-state index in [0.29, 0.717) is 0 Å². The SMILES string of the molecule is C1CCCCNNNNNCCCC1. The molecule has 0 aromatic rings. The van der Waals surface area contributed by atoms with Crippen LogP contribution in [-0.2, 0) is 0 Å². The third kappa shape index (κ3) is 7.23. The summed E-state index contributed by atoms with van der Waals surface area (Å²) < 4.78 is 0. The Morgan fingerprint density at radius 1 is 0.429 bits per heavy atom. The summed E-state index contributed by atoms with van der Waals surface area (Å²) in [4.78, 5) is 0. The topological polar surface area (TPSA) is 60.1 Å². The van der Waals surface area contributed by atoms with Crippen LogP contribution in [0.5, 0.6) is 0 Å². The van der Waals surface area contributed by atoms with Gasteiger partial charge in [-0.2, -0.15) is 16.6 Å². The van der Waals surface area contributed by atoms with Gasteiger partial charge in [-0.05, 0) is 12.8 Å². The third-order valence-electron chi connectivity index (χ3n) is 2.41. The van der Waals surface area contributed by atoms with Crippen molar-refractivity contribution in [3.05, 3.63) is 0 Å². The van der Waals surface area contributed by atoms with Crippen LogP contribution in [0.2, 0.25) is 0 Å². The van der Waals surface area contributed by atoms with Crippen molar-refractivity contribution >= 4 is 0 Å². The fraction of sp³-hybridized carbons (Fsp3) is 1.00. The first-order valence-electron chi connectivity index (χ1n) is 5.71. The largest absolute Gasteiger partial charge is 0.243 e. The predicted molar refractivity (Wildman–Crippen MR) is 57.7 cm³/mol. The first-order chi connectivity index (χ1) is 7.00. The van der Waals surface area contributed by atoms with Gasteiger partial charge in [0.15, 0.2) is 0 Å². The summed E-state index contributed by atoms with van der Waals surface area (Å²) in [6, 6.07) is 0. The van der Waals surface area contributed by atoms with Crippen LogP contribution in [0.3, 0.4) is 0 Å². The van der Waals surface area contributed by atoms with Crippen molar-refractivity contribution in [2.24, 2.45) is 0 Å². The van der Waals surface area contributed by atoms with E-state index in [1.54, 1.807) is 0 Å². The van der Waals surface area contributed by atoms with E-state index >= 15 is 0 Å². The summed E-state index contributed by atoms with van der Waals surface area (Å²) in [6.07, 6.45) is 9.28. The van der Waals surface area contributed by atoms with Crippen LogP contribution in [0.4, 0.5) is 0 Å². The zero-order valence-electron chi connectivity index (χ0n) is 8.86. The van der Waals surface area contributed by atoms with Gasteiger partial charge in [0, 0.05) is 13.1 Å². The Balaban J connectivity index is 2.00. The molecule has 1 rings (SSSR count). The Kier molecular flexibility index (Phi) is 7.94. The molecule has 84 valence electrons. The highest BCUT2D eigenvalue weighted by atomic mass is 15.8. The molecule has 5 N–H and O–H groups in total. The van der Waals surface area contributed by atoms with Crippen molar-refractivity contribution in [3.63, 3.8) is 0 Å². The molecule has 1 heterocycles. The average molecular weight is 201 g/mol. The van der Waals surface area contributed by atoms with Crippen molar-refractivity contribution in [2.45, 2.75) is 44.9 Å². The molecule has 14 heavy (non-hydrogen) atoms. The fourth-order valence-electron chi connectivity index (χ4n) is 1.56. The van der Waals surface area contributed by atoms with Gasteiger partial charge in [0.2, 0.25) is 0 Å². The Labute approximate surface area is 86.3 Å². The smallest absolute Gasteiger partial charge is 0.0113 e. The minimum absolute atomic E-state index is 1.01. The monoisotopic (exact) mass is 201 g/mol. The number of rotatable bonds is 0. The number of hydrogen-bond donors (Lipinski definition) is 5. The third-order valence-corrected chi connectivity index (χ3v) is 2.41. The summed E-state index contributed by atoms with van der Waals surface area (Å²) in [7, 11) is 0. The lowest BCUT2D eigenvalue weighted by atomic mass is 10.1. The summed E-state index contributed by atoms with van der Waals surface area (Å²) in [5.41, 5.74) is 14.7. The summed E-state index contributed by atoms with van der Waals surface area (Å²) in [5.74, 6) is 0. The van der Waals surface area contributed by atoms with E-state index in [0.717, 1.165) is 13.1 Å². The molecule has 0 aliphatic carbocycles. The zero-order valence-corrected chi connectivity index (χ0v) is 8.86. The van der Waals surface area contributed by atoms with Crippen LogP contribution in [-0.4, -0.2) is 13.1 Å². The molecule has 0 radical (unpaired) electrons. The molecule has 1 aliphatic heterocycles. The Bertz CT molecular complexity index is 66.5. The van der Waals surface area contributed by atoms with Crippen molar-refractivity contribution < 1.29 is 0 Å². The van der Waals surface area contributed by atoms with Crippen LogP contribution in [0.25, 0.3) is 0 Å². The van der Waals surface area contributed by atoms with Crippen molar-refractivity contribution in [1.82, 2.24) is 27.5 Å². The van der Waals surface area contributed by atoms with E-state index in [9.17, 15) is 0 Å². The molecule has 0 unspecified atom stereocenters. The van der Waals surface area contributed by atoms with Gasteiger partial charge in [0.1, 0.15) is 0 Å². The molecule has 5 nitrogen and oxygen atoms in total. The van der Waals surface area contributed by atoms with Gasteiger partial charge >= 0.3 is 0 Å². The summed E-state index contributed by atoms with van der Waals surface area (Å²) in [5, 5.41) is 0. The van der Waals surface area contributed by atoms with Crippen molar-refractivity contribution in [3.8, 4) is 0 Å². The highest BCUT2D eigenvalue weighted by molar-refractivity contribution is 4.49. The van der Waals surface area contributed by atoms with Crippen LogP contribution in [0, 0.1) is 0 Å². The van der Waals surface area contributed by atoms with Crippen LogP contribution in [0.15, 0.2) is 0 Å². The van der Waals surface area contributed by atoms with Crippen LogP contribution >= 0.6 is 0 Å². The van der Waals surface area contributed by atoms with Crippen molar-refractivity contribution in [1.29, 1.82) is 0 Å². The van der Waals surface area contributed by atoms with E-state index in [-0.39, 0.29) is 0 Å². The summed E-state index contributed by atoms with van der Waals surface area (Å²) in [6.45, 7) is 2.02. The number of nitrogens with one attached hydrogen (secondary N) is 5. The lowest BCUT2D eigenvalue weighted by molar-refractivity contribution is 0.318. The maximum absolute atomic E-state index is 3.08. The quantitative estimate of drug-likeness (QED) is 0.391. The molecule has 0 saturated carbocycles. The Morgan fingerprint density at radius 3 is 1.36 bits per heavy atom. The molecule has 1 saturated heterocycles. The molecule has 0 spiro atoms. The maximum Gasteiger partial charge on any atom is 0.0113 e. The predicted octanol–water partition coefficient (Wildman–Crippen LogP) is 0.339. The molecule has 5 heteroatoms.